The van der Waals surface area contributed by atoms with Gasteiger partial charge in [-0.25, -0.2) is 0 Å². The molecule has 13 heavy (non-hydrogen) atoms. The molecule has 1 aromatic carbocycles. The van der Waals surface area contributed by atoms with Crippen LogP contribution < -0.4 is 0 Å². The highest BCUT2D eigenvalue weighted by molar-refractivity contribution is 5.43. The second kappa shape index (κ2) is 3.74. The second-order valence-electron chi connectivity index (χ2n) is 3.02. The van der Waals surface area contributed by atoms with Gasteiger partial charge in [0, 0.05) is 0 Å². The van der Waals surface area contributed by atoms with Crippen LogP contribution in [0.4, 0.5) is 0 Å². The number of rotatable bonds is 1. The van der Waals surface area contributed by atoms with Crippen molar-refractivity contribution in [3.63, 3.8) is 0 Å². The third kappa shape index (κ3) is 1.86. The molecule has 0 spiro atoms. The van der Waals surface area contributed by atoms with Crippen LogP contribution in [0.2, 0.25) is 0 Å². The summed E-state index contributed by atoms with van der Waals surface area (Å²) in [6, 6.07) is 7.81. The Morgan fingerprint density at radius 1 is 1.23 bits per heavy atom. The number of aryl methyl sites for hydroxylation is 1. The molecule has 0 aliphatic carbocycles. The molecule has 0 heterocycles. The average Bonchev–Trinajstić information content (AvgIpc) is 2.13. The summed E-state index contributed by atoms with van der Waals surface area (Å²) in [4.78, 5) is 0. The van der Waals surface area contributed by atoms with Gasteiger partial charge in [0.05, 0.1) is 24.1 Å². The van der Waals surface area contributed by atoms with Crippen LogP contribution in [0.1, 0.15) is 22.3 Å². The lowest BCUT2D eigenvalue weighted by molar-refractivity contribution is 1.17. The van der Waals surface area contributed by atoms with Gasteiger partial charge < -0.3 is 0 Å². The lowest BCUT2D eigenvalue weighted by atomic mass is 9.98. The van der Waals surface area contributed by atoms with Crippen LogP contribution in [0.5, 0.6) is 0 Å². The van der Waals surface area contributed by atoms with Crippen LogP contribution in [0, 0.1) is 36.5 Å². The minimum Gasteiger partial charge on any atom is -0.198 e. The lowest BCUT2D eigenvalue weighted by Gasteiger charge is -2.05. The van der Waals surface area contributed by atoms with E-state index in [-0.39, 0.29) is 0 Å². The fraction of sp³-hybridized carbons (Fsp3) is 0.273. The van der Waals surface area contributed by atoms with Crippen LogP contribution in [0.25, 0.3) is 0 Å². The predicted octanol–water partition coefficient (Wildman–Crippen LogP) is 2.24. The third-order valence-corrected chi connectivity index (χ3v) is 2.17. The van der Waals surface area contributed by atoms with Crippen LogP contribution >= 0.6 is 0 Å². The van der Waals surface area contributed by atoms with Crippen LogP contribution in [-0.4, -0.2) is 0 Å². The molecular weight excluding hydrogens is 160 g/mol. The van der Waals surface area contributed by atoms with Crippen molar-refractivity contribution in [1.29, 1.82) is 10.5 Å². The van der Waals surface area contributed by atoms with Crippen molar-refractivity contribution in [2.24, 2.45) is 0 Å². The molecule has 0 unspecified atom stereocenters. The molecule has 1 rings (SSSR count). The van der Waals surface area contributed by atoms with Gasteiger partial charge in [0.2, 0.25) is 0 Å². The fourth-order valence-electron chi connectivity index (χ4n) is 1.27. The predicted molar refractivity (Wildman–Crippen MR) is 49.9 cm³/mol. The molecule has 0 saturated carbocycles. The number of nitriles is 2. The zero-order valence-electron chi connectivity index (χ0n) is 7.76. The first-order valence-electron chi connectivity index (χ1n) is 4.06. The maximum atomic E-state index is 8.71. The summed E-state index contributed by atoms with van der Waals surface area (Å²) in [5.41, 5.74) is 3.78. The Kier molecular flexibility index (Phi) is 2.67. The monoisotopic (exact) mass is 170 g/mol. The zero-order chi connectivity index (χ0) is 9.84. The van der Waals surface area contributed by atoms with Crippen molar-refractivity contribution in [2.45, 2.75) is 20.3 Å². The first kappa shape index (κ1) is 9.29. The number of nitrogens with zero attached hydrogens (tertiary/aromatic N) is 2. The molecule has 2 nitrogen and oxygen atoms in total. The highest BCUT2D eigenvalue weighted by atomic mass is 14.3. The molecule has 0 fully saturated rings. The number of hydrogen-bond donors (Lipinski definition) is 0. The Balaban J connectivity index is 3.28. The standard InChI is InChI=1S/C11H10N2/c1-8-5-10(7-13)6-11(3-4-12)9(8)2/h5-6H,3H2,1-2H3. The summed E-state index contributed by atoms with van der Waals surface area (Å²) in [6.07, 6.45) is 0.377. The molecule has 0 aliphatic heterocycles. The van der Waals surface area contributed by atoms with Gasteiger partial charge in [0.15, 0.2) is 0 Å². The minimum atomic E-state index is 0.377. The van der Waals surface area contributed by atoms with Crippen LogP contribution in [-0.2, 0) is 6.42 Å². The van der Waals surface area contributed by atoms with Gasteiger partial charge in [-0.05, 0) is 42.7 Å². The molecule has 0 radical (unpaired) electrons. The van der Waals surface area contributed by atoms with Gasteiger partial charge >= 0.3 is 0 Å². The molecule has 0 N–H and O–H groups in total. The molecule has 0 saturated heterocycles. The molecule has 0 atom stereocenters. The van der Waals surface area contributed by atoms with E-state index in [0.717, 1.165) is 16.7 Å². The molecule has 1 aromatic rings. The van der Waals surface area contributed by atoms with Gasteiger partial charge in [-0.1, -0.05) is 0 Å². The molecule has 64 valence electrons. The van der Waals surface area contributed by atoms with Gasteiger partial charge in [-0.3, -0.25) is 0 Å². The molecule has 0 aliphatic rings. The Morgan fingerprint density at radius 2 is 1.92 bits per heavy atom. The van der Waals surface area contributed by atoms with Gasteiger partial charge in [-0.15, -0.1) is 0 Å². The van der Waals surface area contributed by atoms with Crippen molar-refractivity contribution >= 4 is 0 Å². The third-order valence-electron chi connectivity index (χ3n) is 2.17. The van der Waals surface area contributed by atoms with Crippen molar-refractivity contribution in [3.8, 4) is 12.1 Å². The summed E-state index contributed by atoms with van der Waals surface area (Å²) >= 11 is 0. The topological polar surface area (TPSA) is 47.6 Å². The SMILES string of the molecule is Cc1cc(C#N)cc(CC#N)c1C. The summed E-state index contributed by atoms with van der Waals surface area (Å²) in [6.45, 7) is 3.93. The molecule has 0 bridgehead atoms. The lowest BCUT2D eigenvalue weighted by Crippen LogP contribution is -1.92. The minimum absolute atomic E-state index is 0.377. The Hall–Kier alpha value is -1.80. The largest absolute Gasteiger partial charge is 0.198 e. The van der Waals surface area contributed by atoms with Gasteiger partial charge in [-0.2, -0.15) is 10.5 Å². The first-order chi connectivity index (χ1) is 6.19. The molecule has 0 amide bonds. The van der Waals surface area contributed by atoms with Crippen molar-refractivity contribution < 1.29 is 0 Å². The number of benzene rings is 1. The highest BCUT2D eigenvalue weighted by Crippen LogP contribution is 2.16. The maximum Gasteiger partial charge on any atom is 0.0991 e. The first-order valence-corrected chi connectivity index (χ1v) is 4.06. The van der Waals surface area contributed by atoms with Gasteiger partial charge in [0.25, 0.3) is 0 Å². The number of hydrogen-bond acceptors (Lipinski definition) is 2. The summed E-state index contributed by atoms with van der Waals surface area (Å²) in [5, 5.41) is 17.3. The summed E-state index contributed by atoms with van der Waals surface area (Å²) in [7, 11) is 0. The smallest absolute Gasteiger partial charge is 0.0991 e. The van der Waals surface area contributed by atoms with Crippen molar-refractivity contribution in [2.75, 3.05) is 0 Å². The highest BCUT2D eigenvalue weighted by Gasteiger charge is 2.03. The maximum absolute atomic E-state index is 8.71. The summed E-state index contributed by atoms with van der Waals surface area (Å²) in [5.74, 6) is 0. The van der Waals surface area contributed by atoms with E-state index in [9.17, 15) is 0 Å². The Morgan fingerprint density at radius 3 is 2.46 bits per heavy atom. The van der Waals surface area contributed by atoms with Crippen LogP contribution in [0.15, 0.2) is 12.1 Å². The van der Waals surface area contributed by atoms with E-state index in [1.807, 2.05) is 19.9 Å². The van der Waals surface area contributed by atoms with Crippen LogP contribution in [0.3, 0.4) is 0 Å². The Bertz CT molecular complexity index is 405. The van der Waals surface area contributed by atoms with E-state index in [4.69, 9.17) is 10.5 Å². The average molecular weight is 170 g/mol. The van der Waals surface area contributed by atoms with E-state index < -0.39 is 0 Å². The van der Waals surface area contributed by atoms with Gasteiger partial charge in [0.1, 0.15) is 0 Å². The fourth-order valence-corrected chi connectivity index (χ4v) is 1.27. The second-order valence-corrected chi connectivity index (χ2v) is 3.02. The van der Waals surface area contributed by atoms with E-state index in [1.165, 1.54) is 0 Å². The molecular formula is C11H10N2. The van der Waals surface area contributed by atoms with E-state index in [2.05, 4.69) is 12.1 Å². The van der Waals surface area contributed by atoms with Crippen molar-refractivity contribution in [3.05, 3.63) is 34.4 Å². The molecule has 0 aromatic heterocycles. The quantitative estimate of drug-likeness (QED) is 0.648. The Labute approximate surface area is 78.0 Å². The van der Waals surface area contributed by atoms with E-state index in [0.29, 0.717) is 12.0 Å². The normalized spacial score (nSPS) is 8.92. The summed E-state index contributed by atoms with van der Waals surface area (Å²) < 4.78 is 0. The zero-order valence-corrected chi connectivity index (χ0v) is 7.76. The molecule has 2 heteroatoms. The van der Waals surface area contributed by atoms with E-state index >= 15 is 0 Å². The van der Waals surface area contributed by atoms with E-state index in [1.54, 1.807) is 6.07 Å². The van der Waals surface area contributed by atoms with Crippen molar-refractivity contribution in [1.82, 2.24) is 0 Å².